The van der Waals surface area contributed by atoms with E-state index in [2.05, 4.69) is 10.0 Å². The third-order valence-corrected chi connectivity index (χ3v) is 6.34. The number of carbonyl (C=O) groups excluding carboxylic acids is 2. The van der Waals surface area contributed by atoms with Gasteiger partial charge in [-0.3, -0.25) is 4.79 Å². The maximum Gasteiger partial charge on any atom is 0.339 e. The van der Waals surface area contributed by atoms with E-state index in [9.17, 15) is 18.0 Å². The lowest BCUT2D eigenvalue weighted by atomic mass is 10.1. The quantitative estimate of drug-likeness (QED) is 0.467. The Morgan fingerprint density at radius 1 is 0.879 bits per heavy atom. The molecule has 172 valence electrons. The minimum atomic E-state index is -4.03. The van der Waals surface area contributed by atoms with Crippen molar-refractivity contribution in [2.24, 2.45) is 0 Å². The molecule has 0 saturated heterocycles. The largest absolute Gasteiger partial charge is 0.497 e. The fraction of sp³-hybridized carbons (Fsp3) is 0.167. The Hall–Kier alpha value is -3.69. The molecule has 0 aromatic heterocycles. The van der Waals surface area contributed by atoms with Crippen molar-refractivity contribution < 1.29 is 27.5 Å². The maximum atomic E-state index is 13.2. The van der Waals surface area contributed by atoms with Crippen LogP contribution in [-0.2, 0) is 26.0 Å². The molecule has 0 saturated carbocycles. The number of nitrogens with one attached hydrogen (secondary N) is 2. The van der Waals surface area contributed by atoms with Crippen molar-refractivity contribution in [1.82, 2.24) is 4.72 Å². The molecule has 1 amide bonds. The van der Waals surface area contributed by atoms with Crippen LogP contribution < -0.4 is 14.8 Å². The van der Waals surface area contributed by atoms with Crippen molar-refractivity contribution in [3.05, 3.63) is 90.0 Å². The zero-order valence-corrected chi connectivity index (χ0v) is 19.0. The lowest BCUT2D eigenvalue weighted by Gasteiger charge is -2.20. The van der Waals surface area contributed by atoms with Gasteiger partial charge in [-0.15, -0.1) is 0 Å². The first-order chi connectivity index (χ1) is 15.8. The van der Waals surface area contributed by atoms with Gasteiger partial charge in [0.15, 0.2) is 0 Å². The van der Waals surface area contributed by atoms with Crippen molar-refractivity contribution in [3.8, 4) is 5.75 Å². The Morgan fingerprint density at radius 3 is 2.15 bits per heavy atom. The van der Waals surface area contributed by atoms with E-state index in [4.69, 9.17) is 9.47 Å². The highest BCUT2D eigenvalue weighted by Gasteiger charge is 2.27. The first-order valence-electron chi connectivity index (χ1n) is 10.0. The third kappa shape index (κ3) is 6.18. The molecule has 1 atom stereocenters. The summed E-state index contributed by atoms with van der Waals surface area (Å²) in [5, 5.41) is 2.65. The maximum absolute atomic E-state index is 13.2. The van der Waals surface area contributed by atoms with Crippen molar-refractivity contribution in [3.63, 3.8) is 0 Å². The molecule has 3 rings (SSSR count). The van der Waals surface area contributed by atoms with Gasteiger partial charge in [0, 0.05) is 0 Å². The molecule has 2 N–H and O–H groups in total. The van der Waals surface area contributed by atoms with Gasteiger partial charge < -0.3 is 14.8 Å². The number of esters is 1. The summed E-state index contributed by atoms with van der Waals surface area (Å²) < 4.78 is 38.3. The van der Waals surface area contributed by atoms with Crippen LogP contribution >= 0.6 is 0 Å². The zero-order chi connectivity index (χ0) is 23.8. The van der Waals surface area contributed by atoms with E-state index in [0.717, 1.165) is 5.56 Å². The van der Waals surface area contributed by atoms with Gasteiger partial charge in [0.2, 0.25) is 15.9 Å². The van der Waals surface area contributed by atoms with E-state index in [-0.39, 0.29) is 22.6 Å². The number of methoxy groups -OCH3 is 2. The van der Waals surface area contributed by atoms with Gasteiger partial charge in [0.1, 0.15) is 11.8 Å². The number of rotatable bonds is 9. The fourth-order valence-corrected chi connectivity index (χ4v) is 4.34. The fourth-order valence-electron chi connectivity index (χ4n) is 3.15. The topological polar surface area (TPSA) is 111 Å². The molecule has 0 bridgehead atoms. The number of para-hydroxylation sites is 1. The number of sulfonamides is 1. The van der Waals surface area contributed by atoms with Crippen LogP contribution in [0.15, 0.2) is 83.8 Å². The number of hydrogen-bond acceptors (Lipinski definition) is 6. The molecule has 0 radical (unpaired) electrons. The van der Waals surface area contributed by atoms with Crippen LogP contribution in [0.25, 0.3) is 0 Å². The Kier molecular flexibility index (Phi) is 7.81. The highest BCUT2D eigenvalue weighted by Crippen LogP contribution is 2.19. The summed E-state index contributed by atoms with van der Waals surface area (Å²) in [6, 6.07) is 20.0. The van der Waals surface area contributed by atoms with Crippen LogP contribution in [0.1, 0.15) is 15.9 Å². The molecular weight excluding hydrogens is 444 g/mol. The lowest BCUT2D eigenvalue weighted by molar-refractivity contribution is -0.117. The standard InChI is InChI=1S/C24H24N2O6S/c1-31-18-12-14-19(15-13-18)33(29,30)26-22(16-17-8-4-3-5-9-17)23(27)25-21-11-7-6-10-20(21)24(28)32-2/h3-15,22,26H,16H2,1-2H3,(H,25,27). The van der Waals surface area contributed by atoms with E-state index < -0.39 is 27.9 Å². The van der Waals surface area contributed by atoms with Crippen LogP contribution in [0.3, 0.4) is 0 Å². The molecule has 3 aromatic rings. The minimum Gasteiger partial charge on any atom is -0.497 e. The number of hydrogen-bond donors (Lipinski definition) is 2. The molecule has 33 heavy (non-hydrogen) atoms. The summed E-state index contributed by atoms with van der Waals surface area (Å²) in [6.07, 6.45) is 0.0997. The zero-order valence-electron chi connectivity index (χ0n) is 18.1. The van der Waals surface area contributed by atoms with Crippen LogP contribution in [0, 0.1) is 0 Å². The minimum absolute atomic E-state index is 0.0101. The Bertz CT molecular complexity index is 1210. The lowest BCUT2D eigenvalue weighted by Crippen LogP contribution is -2.45. The normalized spacial score (nSPS) is 11.9. The van der Waals surface area contributed by atoms with Gasteiger partial charge in [0.25, 0.3) is 0 Å². The van der Waals surface area contributed by atoms with Crippen LogP contribution in [0.5, 0.6) is 5.75 Å². The van der Waals surface area contributed by atoms with Crippen LogP contribution in [0.2, 0.25) is 0 Å². The summed E-state index contributed by atoms with van der Waals surface area (Å²) in [4.78, 5) is 25.2. The van der Waals surface area contributed by atoms with Crippen LogP contribution in [0.4, 0.5) is 5.69 Å². The van der Waals surface area contributed by atoms with Gasteiger partial charge in [-0.1, -0.05) is 42.5 Å². The molecule has 1 unspecified atom stereocenters. The molecule has 0 heterocycles. The van der Waals surface area contributed by atoms with Gasteiger partial charge in [-0.2, -0.15) is 4.72 Å². The summed E-state index contributed by atoms with van der Waals surface area (Å²) in [6.45, 7) is 0. The molecule has 0 aliphatic carbocycles. The van der Waals surface area contributed by atoms with E-state index in [1.165, 1.54) is 44.6 Å². The van der Waals surface area contributed by atoms with E-state index in [0.29, 0.717) is 5.75 Å². The summed E-state index contributed by atoms with van der Waals surface area (Å²) in [5.74, 6) is -0.733. The van der Waals surface area contributed by atoms with Gasteiger partial charge >= 0.3 is 5.97 Å². The Morgan fingerprint density at radius 2 is 1.52 bits per heavy atom. The van der Waals surface area contributed by atoms with Gasteiger partial charge in [-0.05, 0) is 48.4 Å². The monoisotopic (exact) mass is 468 g/mol. The number of ether oxygens (including phenoxy) is 2. The molecule has 8 nitrogen and oxygen atoms in total. The predicted octanol–water partition coefficient (Wildman–Crippen LogP) is 3.01. The smallest absolute Gasteiger partial charge is 0.339 e. The van der Waals surface area contributed by atoms with Gasteiger partial charge in [-0.25, -0.2) is 13.2 Å². The highest BCUT2D eigenvalue weighted by atomic mass is 32.2. The van der Waals surface area contributed by atoms with Crippen LogP contribution in [-0.4, -0.2) is 40.6 Å². The second-order valence-corrected chi connectivity index (χ2v) is 8.78. The molecule has 0 spiro atoms. The Labute approximate surface area is 192 Å². The molecular formula is C24H24N2O6S. The molecule has 0 aliphatic rings. The second kappa shape index (κ2) is 10.8. The van der Waals surface area contributed by atoms with E-state index in [1.54, 1.807) is 42.5 Å². The number of anilines is 1. The summed E-state index contributed by atoms with van der Waals surface area (Å²) in [5.41, 5.74) is 1.14. The number of benzene rings is 3. The summed E-state index contributed by atoms with van der Waals surface area (Å²) >= 11 is 0. The molecule has 9 heteroatoms. The van der Waals surface area contributed by atoms with E-state index in [1.807, 2.05) is 6.07 Å². The van der Waals surface area contributed by atoms with Crippen molar-refractivity contribution in [2.45, 2.75) is 17.4 Å². The SMILES string of the molecule is COC(=O)c1ccccc1NC(=O)C(Cc1ccccc1)NS(=O)(=O)c1ccc(OC)cc1. The predicted molar refractivity (Wildman–Crippen MR) is 124 cm³/mol. The molecule has 3 aromatic carbocycles. The van der Waals surface area contributed by atoms with Crippen molar-refractivity contribution in [2.75, 3.05) is 19.5 Å². The first-order valence-corrected chi connectivity index (χ1v) is 11.5. The number of carbonyl (C=O) groups is 2. The summed E-state index contributed by atoms with van der Waals surface area (Å²) in [7, 11) is -1.31. The van der Waals surface area contributed by atoms with Gasteiger partial charge in [0.05, 0.1) is 30.4 Å². The second-order valence-electron chi connectivity index (χ2n) is 7.07. The average molecular weight is 469 g/mol. The first kappa shape index (κ1) is 24.0. The third-order valence-electron chi connectivity index (χ3n) is 4.86. The van der Waals surface area contributed by atoms with E-state index >= 15 is 0 Å². The average Bonchev–Trinajstić information content (AvgIpc) is 2.84. The highest BCUT2D eigenvalue weighted by molar-refractivity contribution is 7.89. The van der Waals surface area contributed by atoms with Crippen molar-refractivity contribution in [1.29, 1.82) is 0 Å². The van der Waals surface area contributed by atoms with Crippen molar-refractivity contribution >= 4 is 27.6 Å². The molecule has 0 aliphatic heterocycles. The molecule has 0 fully saturated rings. The Balaban J connectivity index is 1.89. The number of amides is 1.